The van der Waals surface area contributed by atoms with Gasteiger partial charge in [0.25, 0.3) is 0 Å². The minimum absolute atomic E-state index is 0.0429. The third kappa shape index (κ3) is 3.89. The highest BCUT2D eigenvalue weighted by atomic mass is 16.5. The number of fused-ring (bicyclic) bond motifs is 3. The molecule has 6 nitrogen and oxygen atoms in total. The summed E-state index contributed by atoms with van der Waals surface area (Å²) in [5.41, 5.74) is 0.995. The lowest BCUT2D eigenvalue weighted by Crippen LogP contribution is -2.17. The molecule has 1 heterocycles. The van der Waals surface area contributed by atoms with Crippen molar-refractivity contribution in [3.8, 4) is 0 Å². The maximum absolute atomic E-state index is 12.3. The number of benzene rings is 1. The molecule has 1 aromatic carbocycles. The summed E-state index contributed by atoms with van der Waals surface area (Å²) in [6.07, 6.45) is 5.42. The van der Waals surface area contributed by atoms with Gasteiger partial charge >= 0.3 is 11.6 Å². The minimum Gasteiger partial charge on any atom is -0.461 e. The van der Waals surface area contributed by atoms with E-state index >= 15 is 0 Å². The Balaban J connectivity index is 1.45. The second kappa shape index (κ2) is 7.18. The molecule has 2 aliphatic rings. The van der Waals surface area contributed by atoms with Crippen molar-refractivity contribution in [1.29, 1.82) is 0 Å². The van der Waals surface area contributed by atoms with Crippen molar-refractivity contribution in [2.75, 3.05) is 5.32 Å². The van der Waals surface area contributed by atoms with Gasteiger partial charge in [-0.15, -0.1) is 0 Å². The molecule has 27 heavy (non-hydrogen) atoms. The van der Waals surface area contributed by atoms with E-state index < -0.39 is 5.63 Å². The van der Waals surface area contributed by atoms with Crippen LogP contribution < -0.4 is 10.9 Å². The molecule has 3 atom stereocenters. The van der Waals surface area contributed by atoms with E-state index in [0.717, 1.165) is 12.3 Å². The number of hydrogen-bond donors (Lipinski definition) is 1. The lowest BCUT2D eigenvalue weighted by Gasteiger charge is -2.20. The van der Waals surface area contributed by atoms with Gasteiger partial charge < -0.3 is 14.5 Å². The lowest BCUT2D eigenvalue weighted by atomic mass is 9.86. The molecule has 3 unspecified atom stereocenters. The molecule has 1 N–H and O–H groups in total. The fourth-order valence-corrected chi connectivity index (χ4v) is 4.69. The van der Waals surface area contributed by atoms with E-state index in [-0.39, 0.29) is 18.5 Å². The summed E-state index contributed by atoms with van der Waals surface area (Å²) < 4.78 is 10.7. The van der Waals surface area contributed by atoms with Crippen molar-refractivity contribution < 1.29 is 18.7 Å². The van der Waals surface area contributed by atoms with Gasteiger partial charge in [-0.2, -0.15) is 0 Å². The Morgan fingerprint density at radius 3 is 2.78 bits per heavy atom. The number of nitrogens with one attached hydrogen (secondary N) is 1. The number of esters is 1. The van der Waals surface area contributed by atoms with Crippen LogP contribution in [0.4, 0.5) is 5.69 Å². The van der Waals surface area contributed by atoms with Crippen LogP contribution in [0.2, 0.25) is 0 Å². The molecule has 4 rings (SSSR count). The number of carbonyl (C=O) groups excluding carboxylic acids is 2. The van der Waals surface area contributed by atoms with E-state index in [4.69, 9.17) is 9.15 Å². The van der Waals surface area contributed by atoms with Crippen LogP contribution in [-0.4, -0.2) is 11.9 Å². The van der Waals surface area contributed by atoms with Gasteiger partial charge in [0.05, 0.1) is 0 Å². The summed E-state index contributed by atoms with van der Waals surface area (Å²) in [6.45, 7) is 1.45. The fourth-order valence-electron chi connectivity index (χ4n) is 4.69. The molecule has 0 aliphatic heterocycles. The highest BCUT2D eigenvalue weighted by molar-refractivity contribution is 5.92. The minimum atomic E-state index is -0.512. The van der Waals surface area contributed by atoms with Gasteiger partial charge in [-0.3, -0.25) is 9.59 Å². The summed E-state index contributed by atoms with van der Waals surface area (Å²) in [4.78, 5) is 35.3. The zero-order chi connectivity index (χ0) is 19.0. The highest BCUT2D eigenvalue weighted by Gasteiger charge is 2.40. The Hall–Kier alpha value is -2.63. The van der Waals surface area contributed by atoms with E-state index in [1.807, 2.05) is 0 Å². The number of hydrogen-bond acceptors (Lipinski definition) is 5. The van der Waals surface area contributed by atoms with E-state index in [1.54, 1.807) is 18.2 Å². The van der Waals surface area contributed by atoms with Gasteiger partial charge in [0, 0.05) is 42.1 Å². The number of amides is 1. The summed E-state index contributed by atoms with van der Waals surface area (Å²) in [5.74, 6) is 1.52. The Labute approximate surface area is 156 Å². The van der Waals surface area contributed by atoms with Crippen molar-refractivity contribution in [2.24, 2.45) is 17.8 Å². The first-order chi connectivity index (χ1) is 13.0. The van der Waals surface area contributed by atoms with Crippen molar-refractivity contribution in [1.82, 2.24) is 0 Å². The third-order valence-electron chi connectivity index (χ3n) is 5.85. The molecule has 142 valence electrons. The molecule has 2 fully saturated rings. The first kappa shape index (κ1) is 17.8. The van der Waals surface area contributed by atoms with Crippen LogP contribution in [0.5, 0.6) is 0 Å². The van der Waals surface area contributed by atoms with E-state index in [9.17, 15) is 14.4 Å². The molecule has 1 aromatic heterocycles. The van der Waals surface area contributed by atoms with Crippen LogP contribution in [-0.2, 0) is 20.9 Å². The molecular weight excluding hydrogens is 346 g/mol. The molecule has 2 aliphatic carbocycles. The molecule has 2 saturated carbocycles. The van der Waals surface area contributed by atoms with Crippen molar-refractivity contribution in [2.45, 2.75) is 45.6 Å². The molecule has 0 radical (unpaired) electrons. The first-order valence-corrected chi connectivity index (χ1v) is 9.48. The smallest absolute Gasteiger partial charge is 0.336 e. The van der Waals surface area contributed by atoms with Gasteiger partial charge in [0.15, 0.2) is 0 Å². The highest BCUT2D eigenvalue weighted by Crippen LogP contribution is 2.49. The van der Waals surface area contributed by atoms with Crippen LogP contribution in [0.15, 0.2) is 33.5 Å². The molecule has 0 saturated heterocycles. The van der Waals surface area contributed by atoms with Gasteiger partial charge in [-0.25, -0.2) is 4.79 Å². The molecular formula is C21H23NO5. The molecule has 2 aromatic rings. The van der Waals surface area contributed by atoms with Crippen LogP contribution >= 0.6 is 0 Å². The maximum atomic E-state index is 12.3. The normalized spacial score (nSPS) is 23.5. The number of ether oxygens (including phenoxy) is 1. The average molecular weight is 369 g/mol. The molecule has 0 spiro atoms. The van der Waals surface area contributed by atoms with Crippen LogP contribution in [0.1, 0.15) is 44.6 Å². The fraction of sp³-hybridized carbons (Fsp3) is 0.476. The van der Waals surface area contributed by atoms with Gasteiger partial charge in [-0.05, 0) is 49.1 Å². The predicted octanol–water partition coefficient (Wildman–Crippen LogP) is 3.62. The van der Waals surface area contributed by atoms with Crippen LogP contribution in [0.25, 0.3) is 11.0 Å². The Morgan fingerprint density at radius 2 is 2.07 bits per heavy atom. The quantitative estimate of drug-likeness (QED) is 0.643. The Kier molecular flexibility index (Phi) is 4.72. The van der Waals surface area contributed by atoms with Crippen LogP contribution in [0, 0.1) is 17.8 Å². The van der Waals surface area contributed by atoms with E-state index in [0.29, 0.717) is 40.5 Å². The van der Waals surface area contributed by atoms with Crippen molar-refractivity contribution >= 4 is 28.5 Å². The number of rotatable bonds is 5. The SMILES string of the molecule is CC(=O)Nc1ccc2c(COC(=O)CC3CC4CCC3C4)cc(=O)oc2c1. The maximum Gasteiger partial charge on any atom is 0.336 e. The zero-order valence-electron chi connectivity index (χ0n) is 15.3. The standard InChI is InChI=1S/C21H23NO5/c1-12(23)22-17-4-5-18-16(9-21(25)27-19(18)10-17)11-26-20(24)8-15-7-13-2-3-14(15)6-13/h4-5,9-10,13-15H,2-3,6-8,11H2,1H3,(H,22,23). The largest absolute Gasteiger partial charge is 0.461 e. The molecule has 2 bridgehead atoms. The number of carbonyl (C=O) groups is 2. The third-order valence-corrected chi connectivity index (χ3v) is 5.85. The zero-order valence-corrected chi connectivity index (χ0v) is 15.3. The number of anilines is 1. The van der Waals surface area contributed by atoms with Crippen molar-refractivity contribution in [3.05, 3.63) is 40.2 Å². The lowest BCUT2D eigenvalue weighted by molar-refractivity contribution is -0.146. The molecule has 1 amide bonds. The van der Waals surface area contributed by atoms with E-state index in [2.05, 4.69) is 5.32 Å². The second-order valence-corrected chi connectivity index (χ2v) is 7.78. The monoisotopic (exact) mass is 369 g/mol. The summed E-state index contributed by atoms with van der Waals surface area (Å²) >= 11 is 0. The van der Waals surface area contributed by atoms with Gasteiger partial charge in [-0.1, -0.05) is 6.42 Å². The van der Waals surface area contributed by atoms with Gasteiger partial charge in [0.1, 0.15) is 12.2 Å². The molecule has 6 heteroatoms. The first-order valence-electron chi connectivity index (χ1n) is 9.48. The summed E-state index contributed by atoms with van der Waals surface area (Å²) in [5, 5.41) is 3.34. The van der Waals surface area contributed by atoms with Crippen LogP contribution in [0.3, 0.4) is 0 Å². The van der Waals surface area contributed by atoms with Crippen molar-refractivity contribution in [3.63, 3.8) is 0 Å². The summed E-state index contributed by atoms with van der Waals surface area (Å²) in [7, 11) is 0. The van der Waals surface area contributed by atoms with Gasteiger partial charge in [0.2, 0.25) is 5.91 Å². The predicted molar refractivity (Wildman–Crippen MR) is 100 cm³/mol. The topological polar surface area (TPSA) is 85.6 Å². The summed E-state index contributed by atoms with van der Waals surface area (Å²) in [6, 6.07) is 6.43. The van der Waals surface area contributed by atoms with E-state index in [1.165, 1.54) is 32.3 Å². The average Bonchev–Trinajstić information content (AvgIpc) is 3.21. The Bertz CT molecular complexity index is 947. The Morgan fingerprint density at radius 1 is 1.22 bits per heavy atom. The second-order valence-electron chi connectivity index (χ2n) is 7.78.